The van der Waals surface area contributed by atoms with Crippen molar-refractivity contribution < 1.29 is 9.47 Å². The van der Waals surface area contributed by atoms with E-state index in [0.29, 0.717) is 11.3 Å². The summed E-state index contributed by atoms with van der Waals surface area (Å²) in [5, 5.41) is 0. The minimum absolute atomic E-state index is 0.0573. The molecule has 1 fully saturated rings. The van der Waals surface area contributed by atoms with Crippen molar-refractivity contribution in [2.75, 3.05) is 13.2 Å². The Bertz CT molecular complexity index is 267. The number of ether oxygens (including phenoxy) is 2. The van der Waals surface area contributed by atoms with E-state index in [1.807, 2.05) is 0 Å². The van der Waals surface area contributed by atoms with E-state index >= 15 is 0 Å². The van der Waals surface area contributed by atoms with Gasteiger partial charge in [-0.3, -0.25) is 0 Å². The Labute approximate surface area is 112 Å². The molecule has 0 radical (unpaired) electrons. The monoisotopic (exact) mass is 336 g/mol. The van der Waals surface area contributed by atoms with Gasteiger partial charge in [-0.25, -0.2) is 0 Å². The topological polar surface area (TPSA) is 18.5 Å². The fourth-order valence-corrected chi connectivity index (χ4v) is 4.14. The number of allylic oxidation sites excluding steroid dienone is 2. The van der Waals surface area contributed by atoms with Gasteiger partial charge in [-0.05, 0) is 63.2 Å². The number of hydrogen-bond donors (Lipinski definition) is 0. The van der Waals surface area contributed by atoms with Gasteiger partial charge in [0.25, 0.3) is 0 Å². The van der Waals surface area contributed by atoms with E-state index in [4.69, 9.17) is 9.47 Å². The average Bonchev–Trinajstić information content (AvgIpc) is 2.68. The van der Waals surface area contributed by atoms with Crippen LogP contribution in [-0.2, 0) is 9.47 Å². The summed E-state index contributed by atoms with van der Waals surface area (Å²) in [6.45, 7) is 6.32. The fraction of sp³-hybridized carbons (Fsp3) is 0.846. The largest absolute Gasteiger partial charge is 0.350 e. The van der Waals surface area contributed by atoms with Gasteiger partial charge in [0.15, 0.2) is 6.29 Å². The van der Waals surface area contributed by atoms with Crippen LogP contribution >= 0.6 is 22.6 Å². The van der Waals surface area contributed by atoms with Crippen molar-refractivity contribution in [2.45, 2.75) is 45.8 Å². The van der Waals surface area contributed by atoms with Crippen molar-refractivity contribution in [3.8, 4) is 0 Å². The highest BCUT2D eigenvalue weighted by molar-refractivity contribution is 14.1. The first-order chi connectivity index (χ1) is 7.59. The van der Waals surface area contributed by atoms with Gasteiger partial charge in [0, 0.05) is 0 Å². The molecule has 1 aliphatic carbocycles. The highest BCUT2D eigenvalue weighted by atomic mass is 127. The SMILES string of the molecule is CC1(C)CCC=C(I)[C@@H]1CCC1OCCO1. The zero-order valence-electron chi connectivity index (χ0n) is 10.2. The number of hydrogen-bond acceptors (Lipinski definition) is 2. The lowest BCUT2D eigenvalue weighted by molar-refractivity contribution is -0.0519. The molecule has 0 aromatic carbocycles. The van der Waals surface area contributed by atoms with E-state index in [9.17, 15) is 0 Å². The van der Waals surface area contributed by atoms with Crippen LogP contribution in [0, 0.1) is 11.3 Å². The van der Waals surface area contributed by atoms with E-state index < -0.39 is 0 Å². The van der Waals surface area contributed by atoms with Gasteiger partial charge in [-0.1, -0.05) is 19.9 Å². The van der Waals surface area contributed by atoms with Crippen LogP contribution < -0.4 is 0 Å². The lowest BCUT2D eigenvalue weighted by Gasteiger charge is -2.38. The summed E-state index contributed by atoms with van der Waals surface area (Å²) in [6, 6.07) is 0. The van der Waals surface area contributed by atoms with E-state index in [2.05, 4.69) is 42.5 Å². The summed E-state index contributed by atoms with van der Waals surface area (Å²) < 4.78 is 12.5. The lowest BCUT2D eigenvalue weighted by Crippen LogP contribution is -2.28. The zero-order valence-corrected chi connectivity index (χ0v) is 12.3. The second-order valence-electron chi connectivity index (χ2n) is 5.42. The van der Waals surface area contributed by atoms with E-state index in [1.54, 1.807) is 0 Å². The van der Waals surface area contributed by atoms with Gasteiger partial charge in [-0.15, -0.1) is 0 Å². The molecule has 0 aromatic heterocycles. The summed E-state index contributed by atoms with van der Waals surface area (Å²) in [5.74, 6) is 0.689. The predicted molar refractivity (Wildman–Crippen MR) is 73.5 cm³/mol. The van der Waals surface area contributed by atoms with Gasteiger partial charge in [0.2, 0.25) is 0 Å². The van der Waals surface area contributed by atoms with Crippen molar-refractivity contribution in [2.24, 2.45) is 11.3 Å². The van der Waals surface area contributed by atoms with Crippen LogP contribution in [0.2, 0.25) is 0 Å². The molecular formula is C13H21IO2. The van der Waals surface area contributed by atoms with Gasteiger partial charge in [-0.2, -0.15) is 0 Å². The minimum atomic E-state index is 0.0573. The third kappa shape index (κ3) is 2.99. The van der Waals surface area contributed by atoms with Crippen LogP contribution in [0.1, 0.15) is 39.5 Å². The molecule has 0 amide bonds. The Morgan fingerprint density at radius 3 is 2.62 bits per heavy atom. The van der Waals surface area contributed by atoms with Crippen LogP contribution in [0.15, 0.2) is 9.66 Å². The molecule has 2 rings (SSSR count). The molecule has 92 valence electrons. The molecular weight excluding hydrogens is 315 g/mol. The molecule has 0 unspecified atom stereocenters. The van der Waals surface area contributed by atoms with Crippen LogP contribution in [0.4, 0.5) is 0 Å². The molecule has 0 aromatic rings. The molecule has 1 atom stereocenters. The van der Waals surface area contributed by atoms with Crippen molar-refractivity contribution in [1.29, 1.82) is 0 Å². The standard InChI is InChI=1S/C13H21IO2/c1-13(2)7-3-4-11(14)10(13)5-6-12-15-8-9-16-12/h4,10,12H,3,5-9H2,1-2H3/t10-/m0/s1. The number of halogens is 1. The van der Waals surface area contributed by atoms with Crippen molar-refractivity contribution in [3.63, 3.8) is 0 Å². The average molecular weight is 336 g/mol. The molecule has 1 saturated heterocycles. The Hall–Kier alpha value is 0.390. The summed E-state index contributed by atoms with van der Waals surface area (Å²) in [7, 11) is 0. The van der Waals surface area contributed by atoms with Crippen LogP contribution in [0.5, 0.6) is 0 Å². The molecule has 0 N–H and O–H groups in total. The van der Waals surface area contributed by atoms with Crippen LogP contribution in [0.25, 0.3) is 0 Å². The first-order valence-corrected chi connectivity index (χ1v) is 7.26. The molecule has 2 nitrogen and oxygen atoms in total. The zero-order chi connectivity index (χ0) is 11.6. The van der Waals surface area contributed by atoms with Crippen molar-refractivity contribution in [3.05, 3.63) is 9.66 Å². The molecule has 16 heavy (non-hydrogen) atoms. The first kappa shape index (κ1) is 12.8. The maximum atomic E-state index is 5.50. The molecule has 1 heterocycles. The van der Waals surface area contributed by atoms with E-state index in [1.165, 1.54) is 22.8 Å². The smallest absolute Gasteiger partial charge is 0.157 e. The van der Waals surface area contributed by atoms with Gasteiger partial charge in [0.05, 0.1) is 13.2 Å². The van der Waals surface area contributed by atoms with E-state index in [0.717, 1.165) is 19.6 Å². The summed E-state index contributed by atoms with van der Waals surface area (Å²) in [5.41, 5.74) is 0.434. The second-order valence-corrected chi connectivity index (χ2v) is 6.66. The quantitative estimate of drug-likeness (QED) is 0.728. The molecule has 0 spiro atoms. The Balaban J connectivity index is 1.90. The second kappa shape index (κ2) is 5.36. The predicted octanol–water partition coefficient (Wildman–Crippen LogP) is 3.89. The van der Waals surface area contributed by atoms with Gasteiger partial charge < -0.3 is 9.47 Å². The van der Waals surface area contributed by atoms with E-state index in [-0.39, 0.29) is 6.29 Å². The first-order valence-electron chi connectivity index (χ1n) is 6.18. The normalized spacial score (nSPS) is 30.4. The van der Waals surface area contributed by atoms with Crippen LogP contribution in [-0.4, -0.2) is 19.5 Å². The highest BCUT2D eigenvalue weighted by Gasteiger charge is 2.34. The maximum Gasteiger partial charge on any atom is 0.157 e. The Morgan fingerprint density at radius 1 is 1.31 bits per heavy atom. The summed E-state index contributed by atoms with van der Waals surface area (Å²) in [4.78, 5) is 0. The maximum absolute atomic E-state index is 5.50. The van der Waals surface area contributed by atoms with Crippen LogP contribution in [0.3, 0.4) is 0 Å². The summed E-state index contributed by atoms with van der Waals surface area (Å²) in [6.07, 6.45) is 7.21. The van der Waals surface area contributed by atoms with Gasteiger partial charge >= 0.3 is 0 Å². The molecule has 2 aliphatic rings. The molecule has 0 bridgehead atoms. The molecule has 3 heteroatoms. The number of rotatable bonds is 3. The Kier molecular flexibility index (Phi) is 4.30. The lowest BCUT2D eigenvalue weighted by atomic mass is 9.70. The third-order valence-electron chi connectivity index (χ3n) is 3.79. The highest BCUT2D eigenvalue weighted by Crippen LogP contribution is 2.46. The van der Waals surface area contributed by atoms with Gasteiger partial charge in [0.1, 0.15) is 0 Å². The fourth-order valence-electron chi connectivity index (χ4n) is 2.68. The summed E-state index contributed by atoms with van der Waals surface area (Å²) >= 11 is 2.51. The van der Waals surface area contributed by atoms with Crippen molar-refractivity contribution >= 4 is 22.6 Å². The Morgan fingerprint density at radius 2 is 2.00 bits per heavy atom. The molecule has 1 aliphatic heterocycles. The third-order valence-corrected chi connectivity index (χ3v) is 4.98. The minimum Gasteiger partial charge on any atom is -0.350 e. The van der Waals surface area contributed by atoms with Crippen molar-refractivity contribution in [1.82, 2.24) is 0 Å². The molecule has 0 saturated carbocycles.